The Labute approximate surface area is 131 Å². The first-order valence-corrected chi connectivity index (χ1v) is 7.94. The molecule has 2 aromatic rings. The summed E-state index contributed by atoms with van der Waals surface area (Å²) >= 11 is 8.93. The number of rotatable bonds is 2. The van der Waals surface area contributed by atoms with Crippen LogP contribution in [0.5, 0.6) is 0 Å². The van der Waals surface area contributed by atoms with Crippen LogP contribution in [0, 0.1) is 11.6 Å². The number of hydrogen-bond acceptors (Lipinski definition) is 4. The van der Waals surface area contributed by atoms with Crippen LogP contribution in [0.1, 0.15) is 42.9 Å². The number of H-pyrrole nitrogens is 1. The fraction of sp³-hybridized carbons (Fsp3) is 0.429. The van der Waals surface area contributed by atoms with Crippen molar-refractivity contribution in [1.82, 2.24) is 19.9 Å². The Morgan fingerprint density at radius 3 is 2.55 bits per heavy atom. The first-order chi connectivity index (χ1) is 9.65. The summed E-state index contributed by atoms with van der Waals surface area (Å²) in [5.74, 6) is 1.77. The molecule has 20 heavy (non-hydrogen) atoms. The van der Waals surface area contributed by atoms with E-state index in [-0.39, 0.29) is 0 Å². The van der Waals surface area contributed by atoms with Gasteiger partial charge in [0.25, 0.3) is 0 Å². The van der Waals surface area contributed by atoms with E-state index in [0.717, 1.165) is 15.7 Å². The molecule has 0 aromatic carbocycles. The van der Waals surface area contributed by atoms with Crippen molar-refractivity contribution >= 4 is 28.1 Å². The van der Waals surface area contributed by atoms with E-state index in [1.54, 1.807) is 12.4 Å². The minimum absolute atomic E-state index is 0.526. The Hall–Kier alpha value is -1.14. The SMILES string of the molecule is Cc1cnc(-c2nc(=S)c(Br)c(C3CCCC3)[nH]2)nc1. The van der Waals surface area contributed by atoms with E-state index >= 15 is 0 Å². The van der Waals surface area contributed by atoms with E-state index < -0.39 is 0 Å². The molecular weight excluding hydrogens is 336 g/mol. The fourth-order valence-corrected chi connectivity index (χ4v) is 3.31. The molecule has 0 aliphatic heterocycles. The smallest absolute Gasteiger partial charge is 0.195 e. The molecule has 0 radical (unpaired) electrons. The highest BCUT2D eigenvalue weighted by atomic mass is 79.9. The largest absolute Gasteiger partial charge is 0.339 e. The Balaban J connectivity index is 2.08. The molecule has 2 aromatic heterocycles. The van der Waals surface area contributed by atoms with Crippen molar-refractivity contribution in [2.75, 3.05) is 0 Å². The van der Waals surface area contributed by atoms with Gasteiger partial charge in [-0.15, -0.1) is 0 Å². The second-order valence-electron chi connectivity index (χ2n) is 5.18. The third kappa shape index (κ3) is 2.67. The lowest BCUT2D eigenvalue weighted by atomic mass is 10.0. The van der Waals surface area contributed by atoms with Crippen molar-refractivity contribution in [3.8, 4) is 11.6 Å². The molecule has 1 saturated carbocycles. The van der Waals surface area contributed by atoms with Crippen LogP contribution in [-0.2, 0) is 0 Å². The highest BCUT2D eigenvalue weighted by Gasteiger charge is 2.22. The van der Waals surface area contributed by atoms with Gasteiger partial charge in [-0.1, -0.05) is 25.1 Å². The molecule has 1 aliphatic carbocycles. The van der Waals surface area contributed by atoms with Gasteiger partial charge in [0.05, 0.1) is 4.47 Å². The number of nitrogens with one attached hydrogen (secondary N) is 1. The highest BCUT2D eigenvalue weighted by molar-refractivity contribution is 9.10. The first-order valence-electron chi connectivity index (χ1n) is 6.74. The van der Waals surface area contributed by atoms with E-state index in [1.807, 2.05) is 6.92 Å². The van der Waals surface area contributed by atoms with Gasteiger partial charge in [0.1, 0.15) is 4.64 Å². The van der Waals surface area contributed by atoms with Gasteiger partial charge in [-0.3, -0.25) is 0 Å². The molecule has 0 unspecified atom stereocenters. The normalized spacial score (nSPS) is 15.7. The van der Waals surface area contributed by atoms with E-state index in [9.17, 15) is 0 Å². The van der Waals surface area contributed by atoms with Gasteiger partial charge >= 0.3 is 0 Å². The van der Waals surface area contributed by atoms with Crippen molar-refractivity contribution in [3.63, 3.8) is 0 Å². The molecule has 1 fully saturated rings. The van der Waals surface area contributed by atoms with Crippen LogP contribution in [0.4, 0.5) is 0 Å². The van der Waals surface area contributed by atoms with E-state index in [0.29, 0.717) is 22.2 Å². The maximum absolute atomic E-state index is 5.36. The van der Waals surface area contributed by atoms with Gasteiger partial charge in [0, 0.05) is 24.0 Å². The molecule has 6 heteroatoms. The average molecular weight is 351 g/mol. The Bertz CT molecular complexity index is 675. The second kappa shape index (κ2) is 5.69. The molecular formula is C14H15BrN4S. The van der Waals surface area contributed by atoms with Crippen molar-refractivity contribution in [2.24, 2.45) is 0 Å². The van der Waals surface area contributed by atoms with Crippen LogP contribution in [0.2, 0.25) is 0 Å². The molecule has 0 bridgehead atoms. The van der Waals surface area contributed by atoms with Crippen LogP contribution < -0.4 is 0 Å². The summed E-state index contributed by atoms with van der Waals surface area (Å²) < 4.78 is 1.49. The molecule has 4 nitrogen and oxygen atoms in total. The molecule has 3 rings (SSSR count). The zero-order chi connectivity index (χ0) is 14.1. The van der Waals surface area contributed by atoms with Crippen molar-refractivity contribution in [1.29, 1.82) is 0 Å². The summed E-state index contributed by atoms with van der Waals surface area (Å²) in [7, 11) is 0. The van der Waals surface area contributed by atoms with Crippen LogP contribution >= 0.6 is 28.1 Å². The maximum atomic E-state index is 5.36. The summed E-state index contributed by atoms with van der Waals surface area (Å²) in [6.45, 7) is 1.96. The molecule has 0 atom stereocenters. The topological polar surface area (TPSA) is 54.5 Å². The third-order valence-electron chi connectivity index (χ3n) is 3.65. The number of nitrogens with zero attached hydrogens (tertiary/aromatic N) is 3. The monoisotopic (exact) mass is 350 g/mol. The minimum atomic E-state index is 0.526. The first kappa shape index (κ1) is 13.8. The predicted octanol–water partition coefficient (Wildman–Crippen LogP) is 4.32. The molecule has 104 valence electrons. The van der Waals surface area contributed by atoms with Gasteiger partial charge in [-0.2, -0.15) is 0 Å². The Morgan fingerprint density at radius 1 is 1.25 bits per heavy atom. The Kier molecular flexibility index (Phi) is 3.94. The maximum Gasteiger partial charge on any atom is 0.195 e. The number of halogens is 1. The summed E-state index contributed by atoms with van der Waals surface area (Å²) in [5, 5.41) is 0. The molecule has 0 spiro atoms. The second-order valence-corrected chi connectivity index (χ2v) is 6.36. The van der Waals surface area contributed by atoms with Crippen LogP contribution in [0.15, 0.2) is 16.9 Å². The van der Waals surface area contributed by atoms with Crippen molar-refractivity contribution in [2.45, 2.75) is 38.5 Å². The third-order valence-corrected chi connectivity index (χ3v) is 5.01. The lowest BCUT2D eigenvalue weighted by Crippen LogP contribution is -2.04. The summed E-state index contributed by atoms with van der Waals surface area (Å²) in [5.41, 5.74) is 2.17. The van der Waals surface area contributed by atoms with Crippen LogP contribution in [0.25, 0.3) is 11.6 Å². The van der Waals surface area contributed by atoms with Crippen molar-refractivity contribution < 1.29 is 0 Å². The quantitative estimate of drug-likeness (QED) is 0.819. The standard InChI is InChI=1S/C14H15BrN4S/c1-8-6-16-12(17-7-8)13-18-11(9-4-2-3-5-9)10(15)14(20)19-13/h6-7,9H,2-5H2,1H3,(H,18,19,20). The summed E-state index contributed by atoms with van der Waals surface area (Å²) in [6, 6.07) is 0. The number of hydrogen-bond donors (Lipinski definition) is 1. The lowest BCUT2D eigenvalue weighted by Gasteiger charge is -2.13. The van der Waals surface area contributed by atoms with Crippen LogP contribution in [0.3, 0.4) is 0 Å². The van der Waals surface area contributed by atoms with Gasteiger partial charge in [-0.05, 0) is 41.3 Å². The molecule has 0 saturated heterocycles. The zero-order valence-corrected chi connectivity index (χ0v) is 13.6. The van der Waals surface area contributed by atoms with Crippen molar-refractivity contribution in [3.05, 3.63) is 32.8 Å². The summed E-state index contributed by atoms with van der Waals surface area (Å²) in [6.07, 6.45) is 8.52. The van der Waals surface area contributed by atoms with E-state index in [2.05, 4.69) is 35.9 Å². The van der Waals surface area contributed by atoms with Crippen LogP contribution in [-0.4, -0.2) is 19.9 Å². The minimum Gasteiger partial charge on any atom is -0.339 e. The predicted molar refractivity (Wildman–Crippen MR) is 84.1 cm³/mol. The summed E-state index contributed by atoms with van der Waals surface area (Å²) in [4.78, 5) is 16.4. The fourth-order valence-electron chi connectivity index (χ4n) is 2.59. The number of aromatic nitrogens is 4. The van der Waals surface area contributed by atoms with Gasteiger partial charge < -0.3 is 4.98 Å². The highest BCUT2D eigenvalue weighted by Crippen LogP contribution is 2.37. The molecule has 1 aliphatic rings. The molecule has 1 N–H and O–H groups in total. The zero-order valence-electron chi connectivity index (χ0n) is 11.2. The van der Waals surface area contributed by atoms with Gasteiger partial charge in [0.15, 0.2) is 11.6 Å². The number of aromatic amines is 1. The lowest BCUT2D eigenvalue weighted by molar-refractivity contribution is 0.689. The van der Waals surface area contributed by atoms with Gasteiger partial charge in [0.2, 0.25) is 0 Å². The van der Waals surface area contributed by atoms with E-state index in [1.165, 1.54) is 25.7 Å². The number of aryl methyl sites for hydroxylation is 1. The van der Waals surface area contributed by atoms with E-state index in [4.69, 9.17) is 12.2 Å². The molecule has 0 amide bonds. The molecule has 2 heterocycles. The average Bonchev–Trinajstić information content (AvgIpc) is 2.96. The Morgan fingerprint density at radius 2 is 1.90 bits per heavy atom. The van der Waals surface area contributed by atoms with Gasteiger partial charge in [-0.25, -0.2) is 15.0 Å².